The van der Waals surface area contributed by atoms with Crippen molar-refractivity contribution in [1.82, 2.24) is 0 Å². The van der Waals surface area contributed by atoms with Gasteiger partial charge in [0.1, 0.15) is 0 Å². The van der Waals surface area contributed by atoms with E-state index in [-0.39, 0.29) is 46.1 Å². The molecule has 0 rings (SSSR count). The van der Waals surface area contributed by atoms with E-state index in [1.165, 1.54) is 0 Å². The molecule has 12 heavy (non-hydrogen) atoms. The minimum absolute atomic E-state index is 0. The van der Waals surface area contributed by atoms with Crippen LogP contribution in [0, 0.1) is 0 Å². The standard InChI is InChI=1S/C4H4O6.2Mg/c5-1(3(7)8)2(6)4(9)10;;/h1-2H,(H,7,8)(H,9,10);;/q-2;2*+2/p-2. The molecule has 58 valence electrons. The average Bonchev–Trinajstić information content (AvgIpc) is 1.84. The zero-order valence-corrected chi connectivity index (χ0v) is 8.85. The van der Waals surface area contributed by atoms with Gasteiger partial charge in [0.2, 0.25) is 0 Å². The fraction of sp³-hybridized carbons (Fsp3) is 0.500. The van der Waals surface area contributed by atoms with Crippen LogP contribution in [0.2, 0.25) is 0 Å². The van der Waals surface area contributed by atoms with Gasteiger partial charge < -0.3 is 30.0 Å². The van der Waals surface area contributed by atoms with E-state index in [0.717, 1.165) is 0 Å². The number of carboxylic acid groups (broad SMARTS) is 2. The molecule has 8 heteroatoms. The summed E-state index contributed by atoms with van der Waals surface area (Å²) in [6.07, 6.45) is -5.60. The number of carbonyl (C=O) groups excluding carboxylic acids is 2. The van der Waals surface area contributed by atoms with Crippen LogP contribution >= 0.6 is 0 Å². The topological polar surface area (TPSA) is 126 Å². The van der Waals surface area contributed by atoms with Gasteiger partial charge in [0.05, 0.1) is 0 Å². The molecular weight excluding hydrogens is 193 g/mol. The minimum atomic E-state index is -2.80. The number of rotatable bonds is 3. The normalized spacial score (nSPS) is 13.2. The van der Waals surface area contributed by atoms with Crippen LogP contribution in [-0.2, 0) is 9.59 Å². The molecule has 0 N–H and O–H groups in total. The van der Waals surface area contributed by atoms with Crippen molar-refractivity contribution in [3.05, 3.63) is 0 Å². The van der Waals surface area contributed by atoms with Crippen molar-refractivity contribution in [1.29, 1.82) is 0 Å². The SMILES string of the molecule is O=C([O-])C([O-])C([O-])C(=O)[O-].[Mg+2].[Mg+2]. The molecule has 0 saturated carbocycles. The van der Waals surface area contributed by atoms with Crippen molar-refractivity contribution in [2.75, 3.05) is 0 Å². The van der Waals surface area contributed by atoms with Crippen LogP contribution in [0.15, 0.2) is 0 Å². The largest absolute Gasteiger partial charge is 2.00 e. The number of hydrogen-bond acceptors (Lipinski definition) is 6. The van der Waals surface area contributed by atoms with E-state index < -0.39 is 24.1 Å². The Bertz CT molecular complexity index is 142. The summed E-state index contributed by atoms with van der Waals surface area (Å²) in [6.45, 7) is 0. The van der Waals surface area contributed by atoms with Crippen molar-refractivity contribution in [3.63, 3.8) is 0 Å². The molecule has 0 aliphatic carbocycles. The van der Waals surface area contributed by atoms with Crippen molar-refractivity contribution in [3.8, 4) is 0 Å². The van der Waals surface area contributed by atoms with Crippen LogP contribution in [0.4, 0.5) is 0 Å². The van der Waals surface area contributed by atoms with E-state index in [1.807, 2.05) is 0 Å². The number of carbonyl (C=O) groups is 2. The van der Waals surface area contributed by atoms with Gasteiger partial charge in [0, 0.05) is 11.9 Å². The molecule has 0 aromatic heterocycles. The van der Waals surface area contributed by atoms with Crippen LogP contribution in [0.3, 0.4) is 0 Å². The van der Waals surface area contributed by atoms with Crippen molar-refractivity contribution < 1.29 is 30.0 Å². The number of aliphatic carboxylic acids is 2. The van der Waals surface area contributed by atoms with Crippen LogP contribution in [0.5, 0.6) is 0 Å². The monoisotopic (exact) mass is 194 g/mol. The molecule has 0 fully saturated rings. The molecule has 0 aromatic rings. The second kappa shape index (κ2) is 8.01. The van der Waals surface area contributed by atoms with E-state index in [1.54, 1.807) is 0 Å². The second-order valence-electron chi connectivity index (χ2n) is 1.48. The Balaban J connectivity index is -0.000000405. The first-order valence-corrected chi connectivity index (χ1v) is 2.20. The van der Waals surface area contributed by atoms with Gasteiger partial charge >= 0.3 is 46.1 Å². The third-order valence-electron chi connectivity index (χ3n) is 0.740. The Hall–Kier alpha value is 0.392. The Kier molecular flexibility index (Phi) is 12.2. The van der Waals surface area contributed by atoms with Crippen LogP contribution in [0.1, 0.15) is 0 Å². The summed E-state index contributed by atoms with van der Waals surface area (Å²) in [5.74, 6) is -4.46. The van der Waals surface area contributed by atoms with Gasteiger partial charge in [0.25, 0.3) is 0 Å². The average molecular weight is 195 g/mol. The number of hydrogen-bond donors (Lipinski definition) is 0. The summed E-state index contributed by atoms with van der Waals surface area (Å²) in [5.41, 5.74) is 0. The zero-order chi connectivity index (χ0) is 8.31. The van der Waals surface area contributed by atoms with Gasteiger partial charge in [0.15, 0.2) is 0 Å². The molecule has 0 aliphatic rings. The predicted molar refractivity (Wildman–Crippen MR) is 29.1 cm³/mol. The molecule has 0 aliphatic heterocycles. The smallest absolute Gasteiger partial charge is 0.848 e. The molecule has 0 saturated heterocycles. The molecule has 0 heterocycles. The van der Waals surface area contributed by atoms with Gasteiger partial charge in [-0.3, -0.25) is 0 Å². The van der Waals surface area contributed by atoms with Crippen molar-refractivity contribution >= 4 is 58.0 Å². The zero-order valence-electron chi connectivity index (χ0n) is 6.02. The van der Waals surface area contributed by atoms with E-state index in [9.17, 15) is 30.0 Å². The van der Waals surface area contributed by atoms with Crippen molar-refractivity contribution in [2.45, 2.75) is 12.2 Å². The minimum Gasteiger partial charge on any atom is -0.848 e. The first-order chi connectivity index (χ1) is 4.46. The Morgan fingerprint density at radius 3 is 1.08 bits per heavy atom. The van der Waals surface area contributed by atoms with Gasteiger partial charge in [-0.05, 0) is 0 Å². The maximum atomic E-state index is 9.97. The first kappa shape index (κ1) is 18.2. The Morgan fingerprint density at radius 1 is 0.833 bits per heavy atom. The summed E-state index contributed by atoms with van der Waals surface area (Å²) in [4.78, 5) is 19.1. The fourth-order valence-electron chi connectivity index (χ4n) is 0.247. The maximum Gasteiger partial charge on any atom is 2.00 e. The Labute approximate surface area is 99.9 Å². The molecule has 2 atom stereocenters. The number of carboxylic acids is 2. The molecular formula is C4H2Mg2O6. The van der Waals surface area contributed by atoms with Crippen LogP contribution in [0.25, 0.3) is 0 Å². The van der Waals surface area contributed by atoms with Crippen LogP contribution in [-0.4, -0.2) is 70.3 Å². The van der Waals surface area contributed by atoms with E-state index in [4.69, 9.17) is 0 Å². The van der Waals surface area contributed by atoms with Crippen LogP contribution < -0.4 is 20.4 Å². The van der Waals surface area contributed by atoms with Crippen molar-refractivity contribution in [2.24, 2.45) is 0 Å². The summed E-state index contributed by atoms with van der Waals surface area (Å²) in [5, 5.41) is 39.0. The van der Waals surface area contributed by atoms with Gasteiger partial charge in [-0.15, -0.1) is 0 Å². The quantitative estimate of drug-likeness (QED) is 0.411. The molecule has 6 nitrogen and oxygen atoms in total. The molecule has 0 aromatic carbocycles. The summed E-state index contributed by atoms with van der Waals surface area (Å²) < 4.78 is 0. The third-order valence-corrected chi connectivity index (χ3v) is 0.740. The summed E-state index contributed by atoms with van der Waals surface area (Å²) in [6, 6.07) is 0. The molecule has 0 amide bonds. The molecule has 0 radical (unpaired) electrons. The van der Waals surface area contributed by atoms with Gasteiger partial charge in [-0.2, -0.15) is 0 Å². The van der Waals surface area contributed by atoms with E-state index >= 15 is 0 Å². The molecule has 0 bridgehead atoms. The summed E-state index contributed by atoms with van der Waals surface area (Å²) in [7, 11) is 0. The third kappa shape index (κ3) is 5.97. The summed E-state index contributed by atoms with van der Waals surface area (Å²) >= 11 is 0. The molecule has 0 spiro atoms. The second-order valence-corrected chi connectivity index (χ2v) is 1.48. The van der Waals surface area contributed by atoms with E-state index in [0.29, 0.717) is 0 Å². The van der Waals surface area contributed by atoms with Gasteiger partial charge in [-0.1, -0.05) is 12.2 Å². The maximum absolute atomic E-state index is 9.97. The van der Waals surface area contributed by atoms with E-state index in [2.05, 4.69) is 0 Å². The molecule has 2 unspecified atom stereocenters. The fourth-order valence-corrected chi connectivity index (χ4v) is 0.247. The predicted octanol–water partition coefficient (Wildman–Crippen LogP) is -6.82. The Morgan fingerprint density at radius 2 is 1.00 bits per heavy atom. The first-order valence-electron chi connectivity index (χ1n) is 2.20. The van der Waals surface area contributed by atoms with Gasteiger partial charge in [-0.25, -0.2) is 0 Å².